The van der Waals surface area contributed by atoms with E-state index in [1.807, 2.05) is 18.2 Å². The van der Waals surface area contributed by atoms with Gasteiger partial charge in [-0.15, -0.1) is 24.0 Å². The number of hydrogen-bond acceptors (Lipinski definition) is 3. The summed E-state index contributed by atoms with van der Waals surface area (Å²) in [6.45, 7) is 2.61. The maximum Gasteiger partial charge on any atom is 0.338 e. The number of hydrogen-bond donors (Lipinski definition) is 2. The first-order valence-electron chi connectivity index (χ1n) is 8.60. The van der Waals surface area contributed by atoms with Crippen LogP contribution in [0.3, 0.4) is 0 Å². The number of carbonyl (C=O) groups is 1. The van der Waals surface area contributed by atoms with E-state index in [1.165, 1.54) is 24.0 Å². The lowest BCUT2D eigenvalue weighted by Gasteiger charge is -2.08. The van der Waals surface area contributed by atoms with Gasteiger partial charge in [0, 0.05) is 5.69 Å². The minimum absolute atomic E-state index is 0. The monoisotopic (exact) mass is 465 g/mol. The molecule has 0 bridgehead atoms. The molecule has 26 heavy (non-hydrogen) atoms. The van der Waals surface area contributed by atoms with Crippen LogP contribution >= 0.6 is 24.0 Å². The quantitative estimate of drug-likeness (QED) is 0.304. The van der Waals surface area contributed by atoms with Gasteiger partial charge in [0.05, 0.1) is 18.7 Å². The number of ether oxygens (including phenoxy) is 1. The van der Waals surface area contributed by atoms with Gasteiger partial charge in [-0.1, -0.05) is 18.2 Å². The molecule has 0 spiro atoms. The predicted octanol–water partition coefficient (Wildman–Crippen LogP) is 3.90. The van der Waals surface area contributed by atoms with Crippen LogP contribution in [0.5, 0.6) is 0 Å². The van der Waals surface area contributed by atoms with Gasteiger partial charge in [0.2, 0.25) is 0 Å². The van der Waals surface area contributed by atoms with E-state index >= 15 is 0 Å². The highest BCUT2D eigenvalue weighted by atomic mass is 127. The second-order valence-electron chi connectivity index (χ2n) is 6.08. The maximum atomic E-state index is 11.6. The van der Waals surface area contributed by atoms with E-state index in [0.29, 0.717) is 24.7 Å². The SMILES string of the molecule is CCOC(=O)c1ccc(CN=C(N)Nc2ccc3c(c2)CCC3)cc1.I. The zero-order chi connectivity index (χ0) is 17.6. The molecule has 6 heteroatoms. The molecule has 2 aromatic rings. The summed E-state index contributed by atoms with van der Waals surface area (Å²) in [7, 11) is 0. The molecule has 0 fully saturated rings. The Bertz CT molecular complexity index is 788. The second-order valence-corrected chi connectivity index (χ2v) is 6.08. The Labute approximate surface area is 171 Å². The molecule has 3 rings (SSSR count). The molecule has 138 valence electrons. The zero-order valence-corrected chi connectivity index (χ0v) is 17.2. The molecule has 0 aliphatic heterocycles. The summed E-state index contributed by atoms with van der Waals surface area (Å²) in [6.07, 6.45) is 3.53. The number of nitrogens with zero attached hydrogens (tertiary/aromatic N) is 1. The largest absolute Gasteiger partial charge is 0.462 e. The van der Waals surface area contributed by atoms with E-state index in [0.717, 1.165) is 17.7 Å². The Hall–Kier alpha value is -2.09. The summed E-state index contributed by atoms with van der Waals surface area (Å²) in [6, 6.07) is 13.6. The Morgan fingerprint density at radius 1 is 1.15 bits per heavy atom. The average molecular weight is 465 g/mol. The topological polar surface area (TPSA) is 76.7 Å². The van der Waals surface area contributed by atoms with Crippen molar-refractivity contribution in [1.82, 2.24) is 0 Å². The molecule has 0 atom stereocenters. The molecule has 0 aromatic heterocycles. The fourth-order valence-electron chi connectivity index (χ4n) is 2.97. The van der Waals surface area contributed by atoms with Crippen molar-refractivity contribution < 1.29 is 9.53 Å². The predicted molar refractivity (Wildman–Crippen MR) is 115 cm³/mol. The van der Waals surface area contributed by atoms with Gasteiger partial charge in [0.15, 0.2) is 5.96 Å². The van der Waals surface area contributed by atoms with Crippen molar-refractivity contribution in [2.24, 2.45) is 10.7 Å². The summed E-state index contributed by atoms with van der Waals surface area (Å²) in [5.74, 6) is 0.0720. The first kappa shape index (κ1) is 20.2. The number of halogens is 1. The third-order valence-electron chi connectivity index (χ3n) is 4.27. The van der Waals surface area contributed by atoms with Crippen molar-refractivity contribution in [3.8, 4) is 0 Å². The Balaban J connectivity index is 0.00000243. The summed E-state index contributed by atoms with van der Waals surface area (Å²) in [5.41, 5.74) is 11.3. The van der Waals surface area contributed by atoms with Crippen molar-refractivity contribution in [1.29, 1.82) is 0 Å². The van der Waals surface area contributed by atoms with Crippen molar-refractivity contribution in [2.45, 2.75) is 32.7 Å². The smallest absolute Gasteiger partial charge is 0.338 e. The van der Waals surface area contributed by atoms with E-state index in [1.54, 1.807) is 19.1 Å². The minimum Gasteiger partial charge on any atom is -0.462 e. The van der Waals surface area contributed by atoms with Crippen molar-refractivity contribution >= 4 is 41.6 Å². The Kier molecular flexibility index (Phi) is 7.44. The van der Waals surface area contributed by atoms with Crippen LogP contribution in [0.25, 0.3) is 0 Å². The minimum atomic E-state index is -0.310. The van der Waals surface area contributed by atoms with Gasteiger partial charge in [0.25, 0.3) is 0 Å². The van der Waals surface area contributed by atoms with Gasteiger partial charge in [-0.2, -0.15) is 0 Å². The van der Waals surface area contributed by atoms with Crippen molar-refractivity contribution in [3.05, 3.63) is 64.7 Å². The zero-order valence-electron chi connectivity index (χ0n) is 14.8. The molecule has 1 aliphatic rings. The number of esters is 1. The van der Waals surface area contributed by atoms with Gasteiger partial charge < -0.3 is 15.8 Å². The van der Waals surface area contributed by atoms with E-state index in [4.69, 9.17) is 10.5 Å². The second kappa shape index (κ2) is 9.56. The first-order valence-corrected chi connectivity index (χ1v) is 8.60. The number of carbonyl (C=O) groups excluding carboxylic acids is 1. The van der Waals surface area contributed by atoms with Crippen LogP contribution in [0.15, 0.2) is 47.5 Å². The lowest BCUT2D eigenvalue weighted by atomic mass is 10.1. The molecular formula is C20H24IN3O2. The van der Waals surface area contributed by atoms with Gasteiger partial charge >= 0.3 is 5.97 Å². The molecule has 0 amide bonds. The molecule has 1 aliphatic carbocycles. The Morgan fingerprint density at radius 3 is 2.62 bits per heavy atom. The number of fused-ring (bicyclic) bond motifs is 1. The van der Waals surface area contributed by atoms with E-state index < -0.39 is 0 Å². The molecule has 5 nitrogen and oxygen atoms in total. The summed E-state index contributed by atoms with van der Waals surface area (Å²) in [5, 5.41) is 3.14. The number of aryl methyl sites for hydroxylation is 2. The van der Waals surface area contributed by atoms with Gasteiger partial charge in [-0.05, 0) is 67.1 Å². The number of nitrogens with one attached hydrogen (secondary N) is 1. The van der Waals surface area contributed by atoms with Crippen LogP contribution in [0.2, 0.25) is 0 Å². The molecule has 3 N–H and O–H groups in total. The molecule has 2 aromatic carbocycles. The lowest BCUT2D eigenvalue weighted by Crippen LogP contribution is -2.22. The highest BCUT2D eigenvalue weighted by molar-refractivity contribution is 14.0. The lowest BCUT2D eigenvalue weighted by molar-refractivity contribution is 0.0526. The van der Waals surface area contributed by atoms with E-state index in [9.17, 15) is 4.79 Å². The van der Waals surface area contributed by atoms with E-state index in [2.05, 4.69) is 22.4 Å². The van der Waals surface area contributed by atoms with Gasteiger partial charge in [-0.25, -0.2) is 9.79 Å². The number of guanidine groups is 1. The van der Waals surface area contributed by atoms with E-state index in [-0.39, 0.29) is 29.9 Å². The first-order chi connectivity index (χ1) is 12.2. The normalized spacial score (nSPS) is 12.9. The summed E-state index contributed by atoms with van der Waals surface area (Å²) >= 11 is 0. The third kappa shape index (κ3) is 5.20. The van der Waals surface area contributed by atoms with Gasteiger partial charge in [0.1, 0.15) is 0 Å². The summed E-state index contributed by atoms with van der Waals surface area (Å²) in [4.78, 5) is 16.0. The highest BCUT2D eigenvalue weighted by Crippen LogP contribution is 2.24. The Morgan fingerprint density at radius 2 is 1.88 bits per heavy atom. The average Bonchev–Trinajstić information content (AvgIpc) is 3.08. The molecular weight excluding hydrogens is 441 g/mol. The van der Waals surface area contributed by atoms with Crippen LogP contribution in [0.4, 0.5) is 5.69 Å². The number of benzene rings is 2. The molecule has 0 radical (unpaired) electrons. The van der Waals surface area contributed by atoms with Crippen molar-refractivity contribution in [2.75, 3.05) is 11.9 Å². The van der Waals surface area contributed by atoms with Crippen molar-refractivity contribution in [3.63, 3.8) is 0 Å². The fraction of sp³-hybridized carbons (Fsp3) is 0.300. The highest BCUT2D eigenvalue weighted by Gasteiger charge is 2.11. The summed E-state index contributed by atoms with van der Waals surface area (Å²) < 4.78 is 4.97. The third-order valence-corrected chi connectivity index (χ3v) is 4.27. The van der Waals surface area contributed by atoms with Crippen LogP contribution in [0.1, 0.15) is 40.4 Å². The number of nitrogens with two attached hydrogens (primary N) is 1. The van der Waals surface area contributed by atoms with Gasteiger partial charge in [-0.3, -0.25) is 0 Å². The van der Waals surface area contributed by atoms with Crippen LogP contribution in [0, 0.1) is 0 Å². The maximum absolute atomic E-state index is 11.6. The molecule has 0 saturated heterocycles. The molecule has 0 heterocycles. The standard InChI is InChI=1S/C20H23N3O2.HI/c1-2-25-19(24)16-8-6-14(7-9-16)13-22-20(21)23-18-11-10-15-4-3-5-17(15)12-18;/h6-12H,2-5,13H2,1H3,(H3,21,22,23);1H. The fourth-order valence-corrected chi connectivity index (χ4v) is 2.97. The number of anilines is 1. The number of aliphatic imine (C=N–C) groups is 1. The molecule has 0 unspecified atom stereocenters. The van der Waals surface area contributed by atoms with Crippen LogP contribution < -0.4 is 11.1 Å². The number of rotatable bonds is 5. The van der Waals surface area contributed by atoms with Crippen LogP contribution in [-0.4, -0.2) is 18.5 Å². The molecule has 0 saturated carbocycles. The van der Waals surface area contributed by atoms with Crippen LogP contribution in [-0.2, 0) is 24.1 Å².